The van der Waals surface area contributed by atoms with Crippen LogP contribution in [0.1, 0.15) is 47.0 Å². The van der Waals surface area contributed by atoms with Crippen molar-refractivity contribution in [3.8, 4) is 5.75 Å². The molecule has 1 atom stereocenters. The topological polar surface area (TPSA) is 102 Å². The van der Waals surface area contributed by atoms with Crippen LogP contribution < -0.4 is 14.4 Å². The van der Waals surface area contributed by atoms with Crippen molar-refractivity contribution in [1.29, 1.82) is 0 Å². The third kappa shape index (κ3) is 5.24. The number of hydrogen-bond donors (Lipinski definition) is 1. The molecule has 10 heteroatoms. The lowest BCUT2D eigenvalue weighted by Gasteiger charge is -2.19. The van der Waals surface area contributed by atoms with Crippen molar-refractivity contribution in [2.24, 2.45) is 0 Å². The van der Waals surface area contributed by atoms with Crippen LogP contribution in [0.3, 0.4) is 0 Å². The summed E-state index contributed by atoms with van der Waals surface area (Å²) < 4.78 is 35.3. The van der Waals surface area contributed by atoms with Gasteiger partial charge in [0.1, 0.15) is 10.8 Å². The summed E-state index contributed by atoms with van der Waals surface area (Å²) in [6.07, 6.45) is 4.52. The molecule has 0 spiro atoms. The average Bonchev–Trinajstić information content (AvgIpc) is 3.13. The minimum atomic E-state index is -3.37. The number of carbonyl (C=O) groups is 2. The summed E-state index contributed by atoms with van der Waals surface area (Å²) in [7, 11) is -0.565. The molecule has 1 amide bonds. The maximum atomic E-state index is 13.0. The number of esters is 1. The molecule has 0 saturated heterocycles. The summed E-state index contributed by atoms with van der Waals surface area (Å²) in [5.41, 5.74) is 1.91. The number of methoxy groups -OCH3 is 1. The van der Waals surface area contributed by atoms with Gasteiger partial charge in [-0.25, -0.2) is 13.2 Å². The number of carbonyl (C=O) groups excluding carboxylic acids is 2. The number of aryl methyl sites for hydroxylation is 1. The first-order valence-corrected chi connectivity index (χ1v) is 13.1. The molecule has 0 unspecified atom stereocenters. The quantitative estimate of drug-likeness (QED) is 0.579. The van der Waals surface area contributed by atoms with Crippen molar-refractivity contribution >= 4 is 43.9 Å². The molecule has 0 fully saturated rings. The van der Waals surface area contributed by atoms with E-state index < -0.39 is 22.1 Å². The van der Waals surface area contributed by atoms with Crippen LogP contribution >= 0.6 is 11.3 Å². The van der Waals surface area contributed by atoms with Crippen LogP contribution in [0.15, 0.2) is 24.3 Å². The van der Waals surface area contributed by atoms with E-state index >= 15 is 0 Å². The Labute approximate surface area is 192 Å². The summed E-state index contributed by atoms with van der Waals surface area (Å²) in [4.78, 5) is 26.5. The van der Waals surface area contributed by atoms with Crippen molar-refractivity contribution in [3.05, 3.63) is 40.3 Å². The van der Waals surface area contributed by atoms with E-state index in [4.69, 9.17) is 9.47 Å². The second kappa shape index (κ2) is 9.91. The van der Waals surface area contributed by atoms with Crippen molar-refractivity contribution in [2.75, 3.05) is 30.0 Å². The number of amides is 1. The lowest BCUT2D eigenvalue weighted by Crippen LogP contribution is -2.32. The second-order valence-corrected chi connectivity index (χ2v) is 10.8. The SMILES string of the molecule is CC[C@@H](Oc1ccc(N(C)S(C)(=O)=O)cc1)C(=O)Nc1sc2c(c1C(=O)OC)CCCC2. The first-order chi connectivity index (χ1) is 15.2. The summed E-state index contributed by atoms with van der Waals surface area (Å²) in [6.45, 7) is 1.83. The van der Waals surface area contributed by atoms with Crippen molar-refractivity contribution in [2.45, 2.75) is 45.1 Å². The van der Waals surface area contributed by atoms with Crippen LogP contribution in [-0.4, -0.2) is 46.8 Å². The zero-order valence-electron chi connectivity index (χ0n) is 18.6. The zero-order chi connectivity index (χ0) is 23.5. The van der Waals surface area contributed by atoms with E-state index in [1.807, 2.05) is 6.92 Å². The van der Waals surface area contributed by atoms with Gasteiger partial charge >= 0.3 is 5.97 Å². The van der Waals surface area contributed by atoms with Crippen LogP contribution in [0.4, 0.5) is 10.7 Å². The molecule has 8 nitrogen and oxygen atoms in total. The number of sulfonamides is 1. The van der Waals surface area contributed by atoms with Crippen LogP contribution in [0.2, 0.25) is 0 Å². The molecule has 0 aliphatic heterocycles. The maximum absolute atomic E-state index is 13.0. The normalized spacial score (nSPS) is 14.2. The van der Waals surface area contributed by atoms with Crippen molar-refractivity contribution in [3.63, 3.8) is 0 Å². The second-order valence-electron chi connectivity index (χ2n) is 7.63. The molecule has 1 heterocycles. The predicted molar refractivity (Wildman–Crippen MR) is 125 cm³/mol. The number of anilines is 2. The fourth-order valence-corrected chi connectivity index (χ4v) is 5.36. The van der Waals surface area contributed by atoms with Crippen LogP contribution in [0.25, 0.3) is 0 Å². The molecule has 3 rings (SSSR count). The Morgan fingerprint density at radius 1 is 1.19 bits per heavy atom. The molecule has 1 aliphatic carbocycles. The molecule has 174 valence electrons. The highest BCUT2D eigenvalue weighted by Crippen LogP contribution is 2.38. The van der Waals surface area contributed by atoms with E-state index in [2.05, 4.69) is 5.32 Å². The smallest absolute Gasteiger partial charge is 0.341 e. The Hall–Kier alpha value is -2.59. The van der Waals surface area contributed by atoms with Gasteiger partial charge in [-0.2, -0.15) is 0 Å². The number of thiophene rings is 1. The van der Waals surface area contributed by atoms with Crippen LogP contribution in [-0.2, 0) is 32.4 Å². The molecule has 1 aliphatic rings. The van der Waals surface area contributed by atoms with Crippen molar-refractivity contribution < 1.29 is 27.5 Å². The third-order valence-electron chi connectivity index (χ3n) is 5.44. The molecule has 0 bridgehead atoms. The summed E-state index contributed by atoms with van der Waals surface area (Å²) >= 11 is 1.42. The van der Waals surface area contributed by atoms with Gasteiger partial charge in [-0.15, -0.1) is 11.3 Å². The predicted octanol–water partition coefficient (Wildman–Crippen LogP) is 3.61. The molecule has 2 aromatic rings. The van der Waals surface area contributed by atoms with Crippen LogP contribution in [0.5, 0.6) is 5.75 Å². The Morgan fingerprint density at radius 2 is 1.84 bits per heavy atom. The van der Waals surface area contributed by atoms with E-state index in [0.29, 0.717) is 28.4 Å². The monoisotopic (exact) mass is 480 g/mol. The van der Waals surface area contributed by atoms with Gasteiger partial charge in [0, 0.05) is 11.9 Å². The Kier molecular flexibility index (Phi) is 7.45. The Morgan fingerprint density at radius 3 is 2.44 bits per heavy atom. The van der Waals surface area contributed by atoms with Gasteiger partial charge in [-0.05, 0) is 61.9 Å². The fraction of sp³-hybridized carbons (Fsp3) is 0.455. The first-order valence-electron chi connectivity index (χ1n) is 10.4. The largest absolute Gasteiger partial charge is 0.481 e. The van der Waals surface area contributed by atoms with Crippen molar-refractivity contribution in [1.82, 2.24) is 0 Å². The van der Waals surface area contributed by atoms with Gasteiger partial charge in [-0.3, -0.25) is 9.10 Å². The fourth-order valence-electron chi connectivity index (χ4n) is 3.58. The lowest BCUT2D eigenvalue weighted by molar-refractivity contribution is -0.122. The first kappa shape index (κ1) is 24.1. The van der Waals surface area contributed by atoms with Gasteiger partial charge in [0.25, 0.3) is 5.91 Å². The van der Waals surface area contributed by atoms with Crippen LogP contribution in [0, 0.1) is 0 Å². The average molecular weight is 481 g/mol. The molecule has 0 radical (unpaired) electrons. The molecule has 1 aromatic carbocycles. The molecule has 32 heavy (non-hydrogen) atoms. The molecular formula is C22H28N2O6S2. The number of ether oxygens (including phenoxy) is 2. The molecule has 0 saturated carbocycles. The standard InChI is InChI=1S/C22H28N2O6S2/c1-5-17(30-15-12-10-14(11-13-15)24(2)32(4,27)28)20(25)23-21-19(22(26)29-3)16-8-6-7-9-18(16)31-21/h10-13,17H,5-9H2,1-4H3,(H,23,25)/t17-/m1/s1. The van der Waals surface area contributed by atoms with Gasteiger partial charge in [0.2, 0.25) is 10.0 Å². The number of hydrogen-bond acceptors (Lipinski definition) is 7. The molecular weight excluding hydrogens is 452 g/mol. The van der Waals surface area contributed by atoms with Gasteiger partial charge in [-0.1, -0.05) is 6.92 Å². The highest BCUT2D eigenvalue weighted by molar-refractivity contribution is 7.92. The third-order valence-corrected chi connectivity index (χ3v) is 7.85. The Balaban J connectivity index is 1.76. The number of nitrogens with one attached hydrogen (secondary N) is 1. The summed E-state index contributed by atoms with van der Waals surface area (Å²) in [5, 5.41) is 3.37. The number of fused-ring (bicyclic) bond motifs is 1. The van der Waals surface area contributed by atoms with E-state index in [0.717, 1.165) is 46.7 Å². The highest BCUT2D eigenvalue weighted by atomic mass is 32.2. The van der Waals surface area contributed by atoms with E-state index in [-0.39, 0.29) is 5.91 Å². The Bertz CT molecular complexity index is 1090. The lowest BCUT2D eigenvalue weighted by atomic mass is 9.95. The minimum absolute atomic E-state index is 0.353. The summed E-state index contributed by atoms with van der Waals surface area (Å²) in [5.74, 6) is -0.357. The number of rotatable bonds is 8. The summed E-state index contributed by atoms with van der Waals surface area (Å²) in [6, 6.07) is 6.47. The van der Waals surface area contributed by atoms with E-state index in [1.54, 1.807) is 24.3 Å². The van der Waals surface area contributed by atoms with Gasteiger partial charge in [0.05, 0.1) is 24.6 Å². The molecule has 1 N–H and O–H groups in total. The zero-order valence-corrected chi connectivity index (χ0v) is 20.3. The van der Waals surface area contributed by atoms with E-state index in [9.17, 15) is 18.0 Å². The van der Waals surface area contributed by atoms with E-state index in [1.165, 1.54) is 25.5 Å². The number of nitrogens with zero attached hydrogens (tertiary/aromatic N) is 1. The highest BCUT2D eigenvalue weighted by Gasteiger charge is 2.29. The molecule has 1 aromatic heterocycles. The minimum Gasteiger partial charge on any atom is -0.481 e. The van der Waals surface area contributed by atoms with Gasteiger partial charge < -0.3 is 14.8 Å². The van der Waals surface area contributed by atoms with Gasteiger partial charge in [0.15, 0.2) is 6.10 Å². The number of benzene rings is 1. The maximum Gasteiger partial charge on any atom is 0.341 e.